The fourth-order valence-corrected chi connectivity index (χ4v) is 3.12. The van der Waals surface area contributed by atoms with Crippen molar-refractivity contribution in [3.05, 3.63) is 21.9 Å². The van der Waals surface area contributed by atoms with Gasteiger partial charge < -0.3 is 15.5 Å². The summed E-state index contributed by atoms with van der Waals surface area (Å²) in [5, 5.41) is 6.78. The van der Waals surface area contributed by atoms with Crippen molar-refractivity contribution < 1.29 is 0 Å². The number of halogens is 1. The van der Waals surface area contributed by atoms with Gasteiger partial charge in [0.2, 0.25) is 0 Å². The summed E-state index contributed by atoms with van der Waals surface area (Å²) in [7, 11) is 4.22. The van der Waals surface area contributed by atoms with Gasteiger partial charge in [-0.15, -0.1) is 35.3 Å². The average Bonchev–Trinajstić information content (AvgIpc) is 2.77. The minimum Gasteiger partial charge on any atom is -0.357 e. The number of nitrogens with zero attached hydrogens (tertiary/aromatic N) is 2. The first kappa shape index (κ1) is 21.7. The monoisotopic (exact) mass is 438 g/mol. The lowest BCUT2D eigenvalue weighted by Crippen LogP contribution is -2.44. The van der Waals surface area contributed by atoms with Gasteiger partial charge in [0, 0.05) is 29.4 Å². The molecular weight excluding hydrogens is 407 g/mol. The number of guanidine groups is 1. The minimum absolute atomic E-state index is 0. The van der Waals surface area contributed by atoms with Crippen molar-refractivity contribution in [3.8, 4) is 0 Å². The molecule has 0 unspecified atom stereocenters. The summed E-state index contributed by atoms with van der Waals surface area (Å²) < 4.78 is 0. The quantitative estimate of drug-likeness (QED) is 0.390. The Balaban J connectivity index is 0.00000441. The molecule has 1 rings (SSSR count). The van der Waals surface area contributed by atoms with Crippen LogP contribution in [0.1, 0.15) is 30.5 Å². The summed E-state index contributed by atoms with van der Waals surface area (Å²) >= 11 is 1.81. The van der Waals surface area contributed by atoms with Crippen LogP contribution in [0.15, 0.2) is 17.1 Å². The molecule has 0 aromatic carbocycles. The summed E-state index contributed by atoms with van der Waals surface area (Å²) in [5.41, 5.74) is 0.208. The van der Waals surface area contributed by atoms with Crippen molar-refractivity contribution in [1.29, 1.82) is 0 Å². The van der Waals surface area contributed by atoms with Gasteiger partial charge in [-0.05, 0) is 45.5 Å². The molecule has 0 atom stereocenters. The zero-order valence-corrected chi connectivity index (χ0v) is 17.8. The maximum atomic E-state index is 4.67. The Bertz CT molecular complexity index is 455. The van der Waals surface area contributed by atoms with Crippen LogP contribution in [0.4, 0.5) is 0 Å². The van der Waals surface area contributed by atoms with Crippen molar-refractivity contribution >= 4 is 41.3 Å². The lowest BCUT2D eigenvalue weighted by Gasteiger charge is -2.29. The number of aryl methyl sites for hydroxylation is 1. The topological polar surface area (TPSA) is 39.7 Å². The van der Waals surface area contributed by atoms with E-state index in [1.165, 1.54) is 9.75 Å². The Kier molecular flexibility index (Phi) is 10.3. The Labute approximate surface area is 156 Å². The standard InChI is InChI=1S/C16H30N4S.HI/c1-7-17-15(18-10-14-9-8-13(2)21-14)19-11-16(3,4)12-20(5)6;/h8-9H,7,10-12H2,1-6H3,(H2,17,18,19);1H. The van der Waals surface area contributed by atoms with Crippen molar-refractivity contribution in [3.63, 3.8) is 0 Å². The van der Waals surface area contributed by atoms with Gasteiger partial charge >= 0.3 is 0 Å². The van der Waals surface area contributed by atoms with E-state index in [2.05, 4.69) is 74.4 Å². The van der Waals surface area contributed by atoms with Crippen molar-refractivity contribution in [2.75, 3.05) is 33.7 Å². The lowest BCUT2D eigenvalue weighted by atomic mass is 9.93. The van der Waals surface area contributed by atoms with E-state index in [-0.39, 0.29) is 29.4 Å². The predicted molar refractivity (Wildman–Crippen MR) is 110 cm³/mol. The van der Waals surface area contributed by atoms with E-state index in [1.54, 1.807) is 0 Å². The van der Waals surface area contributed by atoms with E-state index in [4.69, 9.17) is 0 Å². The van der Waals surface area contributed by atoms with Crippen LogP contribution in [-0.2, 0) is 6.54 Å². The van der Waals surface area contributed by atoms with Crippen molar-refractivity contribution in [1.82, 2.24) is 15.5 Å². The lowest BCUT2D eigenvalue weighted by molar-refractivity contribution is 0.241. The third-order valence-electron chi connectivity index (χ3n) is 3.01. The highest BCUT2D eigenvalue weighted by Crippen LogP contribution is 2.16. The van der Waals surface area contributed by atoms with Gasteiger partial charge in [-0.1, -0.05) is 13.8 Å². The average molecular weight is 438 g/mol. The molecule has 0 spiro atoms. The first-order valence-electron chi connectivity index (χ1n) is 7.54. The number of aliphatic imine (C=N–C) groups is 1. The normalized spacial score (nSPS) is 12.2. The molecule has 2 N–H and O–H groups in total. The highest BCUT2D eigenvalue weighted by Gasteiger charge is 2.19. The van der Waals surface area contributed by atoms with Gasteiger partial charge in [-0.3, -0.25) is 0 Å². The number of thiophene rings is 1. The molecule has 128 valence electrons. The molecule has 22 heavy (non-hydrogen) atoms. The van der Waals surface area contributed by atoms with Crippen molar-refractivity contribution in [2.24, 2.45) is 10.4 Å². The second-order valence-corrected chi connectivity index (χ2v) is 7.84. The van der Waals surface area contributed by atoms with Crippen LogP contribution in [0, 0.1) is 12.3 Å². The molecule has 1 aromatic heterocycles. The van der Waals surface area contributed by atoms with Crippen LogP contribution in [0.5, 0.6) is 0 Å². The number of hydrogen-bond donors (Lipinski definition) is 2. The Morgan fingerprint density at radius 1 is 1.27 bits per heavy atom. The van der Waals surface area contributed by atoms with Crippen LogP contribution >= 0.6 is 35.3 Å². The molecule has 0 saturated heterocycles. The second-order valence-electron chi connectivity index (χ2n) is 6.46. The van der Waals surface area contributed by atoms with E-state index in [0.717, 1.165) is 32.1 Å². The van der Waals surface area contributed by atoms with Gasteiger partial charge in [-0.2, -0.15) is 0 Å². The molecule has 1 aromatic rings. The van der Waals surface area contributed by atoms with Crippen LogP contribution in [0.2, 0.25) is 0 Å². The molecule has 0 aliphatic carbocycles. The van der Waals surface area contributed by atoms with Crippen LogP contribution in [-0.4, -0.2) is 44.6 Å². The molecule has 0 aliphatic heterocycles. The molecule has 0 fully saturated rings. The summed E-state index contributed by atoms with van der Waals surface area (Å²) in [6.07, 6.45) is 0. The molecule has 0 aliphatic rings. The van der Waals surface area contributed by atoms with Gasteiger partial charge in [0.1, 0.15) is 0 Å². The highest BCUT2D eigenvalue weighted by atomic mass is 127. The number of rotatable bonds is 7. The summed E-state index contributed by atoms with van der Waals surface area (Å²) in [5.74, 6) is 0.899. The molecule has 0 saturated carbocycles. The first-order valence-corrected chi connectivity index (χ1v) is 8.36. The fourth-order valence-electron chi connectivity index (χ4n) is 2.30. The molecule has 4 nitrogen and oxygen atoms in total. The third-order valence-corrected chi connectivity index (χ3v) is 4.00. The maximum Gasteiger partial charge on any atom is 0.191 e. The Morgan fingerprint density at radius 2 is 1.95 bits per heavy atom. The van der Waals surface area contributed by atoms with Crippen LogP contribution < -0.4 is 10.6 Å². The first-order chi connectivity index (χ1) is 9.82. The van der Waals surface area contributed by atoms with E-state index >= 15 is 0 Å². The molecule has 0 bridgehead atoms. The Hall–Kier alpha value is -0.340. The molecule has 0 amide bonds. The van der Waals surface area contributed by atoms with E-state index < -0.39 is 0 Å². The predicted octanol–water partition coefficient (Wildman–Crippen LogP) is 3.32. The van der Waals surface area contributed by atoms with Gasteiger partial charge in [0.15, 0.2) is 5.96 Å². The van der Waals surface area contributed by atoms with Gasteiger partial charge in [0.05, 0.1) is 6.54 Å². The third kappa shape index (κ3) is 8.95. The zero-order valence-electron chi connectivity index (χ0n) is 14.7. The molecule has 1 heterocycles. The maximum absolute atomic E-state index is 4.67. The molecular formula is C16H31IN4S. The van der Waals surface area contributed by atoms with Crippen LogP contribution in [0.25, 0.3) is 0 Å². The molecule has 0 radical (unpaired) electrons. The smallest absolute Gasteiger partial charge is 0.191 e. The minimum atomic E-state index is 0. The zero-order chi connectivity index (χ0) is 15.9. The summed E-state index contributed by atoms with van der Waals surface area (Å²) in [6.45, 7) is 12.3. The van der Waals surface area contributed by atoms with Gasteiger partial charge in [0.25, 0.3) is 0 Å². The van der Waals surface area contributed by atoms with E-state index in [1.807, 2.05) is 11.3 Å². The van der Waals surface area contributed by atoms with E-state index in [0.29, 0.717) is 0 Å². The van der Waals surface area contributed by atoms with E-state index in [9.17, 15) is 0 Å². The second kappa shape index (κ2) is 10.4. The highest BCUT2D eigenvalue weighted by molar-refractivity contribution is 14.0. The number of nitrogens with one attached hydrogen (secondary N) is 2. The van der Waals surface area contributed by atoms with Crippen LogP contribution in [0.3, 0.4) is 0 Å². The largest absolute Gasteiger partial charge is 0.357 e. The summed E-state index contributed by atoms with van der Waals surface area (Å²) in [4.78, 5) is 9.53. The van der Waals surface area contributed by atoms with Gasteiger partial charge in [-0.25, -0.2) is 4.99 Å². The molecule has 6 heteroatoms. The fraction of sp³-hybridized carbons (Fsp3) is 0.688. The SMILES string of the molecule is CCNC(=NCc1ccc(C)s1)NCC(C)(C)CN(C)C.I. The van der Waals surface area contributed by atoms with Crippen molar-refractivity contribution in [2.45, 2.75) is 34.2 Å². The Morgan fingerprint density at radius 3 is 2.45 bits per heavy atom. The summed E-state index contributed by atoms with van der Waals surface area (Å²) in [6, 6.07) is 4.30. The number of hydrogen-bond acceptors (Lipinski definition) is 3.